The Bertz CT molecular complexity index is 796. The molecule has 2 aromatic rings. The molecule has 0 atom stereocenters. The van der Waals surface area contributed by atoms with Crippen LogP contribution in [0.15, 0.2) is 29.5 Å². The summed E-state index contributed by atoms with van der Waals surface area (Å²) < 4.78 is 44.7. The fourth-order valence-corrected chi connectivity index (χ4v) is 1.88. The fourth-order valence-electron chi connectivity index (χ4n) is 1.88. The number of esters is 1. The number of hydrogen-bond acceptors (Lipinski definition) is 3. The van der Waals surface area contributed by atoms with Gasteiger partial charge in [-0.25, -0.2) is 18.0 Å². The number of rotatable bonds is 3. The highest BCUT2D eigenvalue weighted by Crippen LogP contribution is 2.17. The summed E-state index contributed by atoms with van der Waals surface area (Å²) in [7, 11) is 0. The van der Waals surface area contributed by atoms with Crippen LogP contribution in [0.2, 0.25) is 0 Å². The molecule has 110 valence electrons. The number of pyridine rings is 1. The maximum atomic E-state index is 13.3. The van der Waals surface area contributed by atoms with Gasteiger partial charge in [0.1, 0.15) is 11.9 Å². The number of halogens is 3. The van der Waals surface area contributed by atoms with Gasteiger partial charge in [0.25, 0.3) is 0 Å². The molecule has 2 rings (SSSR count). The lowest BCUT2D eigenvalue weighted by atomic mass is 10.1. The molecule has 1 aromatic carbocycles. The van der Waals surface area contributed by atoms with Gasteiger partial charge in [-0.15, -0.1) is 0 Å². The number of fused-ring (bicyclic) bond motifs is 1. The van der Waals surface area contributed by atoms with Crippen molar-refractivity contribution >= 4 is 23.1 Å². The van der Waals surface area contributed by atoms with Crippen molar-refractivity contribution in [1.29, 1.82) is 0 Å². The summed E-state index contributed by atoms with van der Waals surface area (Å²) in [6.07, 6.45) is 2.01. The molecule has 0 saturated carbocycles. The van der Waals surface area contributed by atoms with Crippen molar-refractivity contribution in [3.05, 3.63) is 52.1 Å². The Labute approximate surface area is 117 Å². The van der Waals surface area contributed by atoms with Crippen molar-refractivity contribution in [2.75, 3.05) is 6.61 Å². The Kier molecular flexibility index (Phi) is 4.11. The van der Waals surface area contributed by atoms with Gasteiger partial charge in [0, 0.05) is 18.5 Å². The molecular formula is C14H10F3NO3. The van der Waals surface area contributed by atoms with Crippen LogP contribution in [0.1, 0.15) is 17.3 Å². The topological polar surface area (TPSA) is 48.3 Å². The molecule has 0 unspecified atom stereocenters. The number of aromatic nitrogens is 1. The summed E-state index contributed by atoms with van der Waals surface area (Å²) in [5.41, 5.74) is -1.28. The van der Waals surface area contributed by atoms with E-state index in [0.29, 0.717) is 6.07 Å². The van der Waals surface area contributed by atoms with E-state index in [9.17, 15) is 22.8 Å². The second-order valence-corrected chi connectivity index (χ2v) is 4.06. The number of ether oxygens (including phenoxy) is 1. The van der Waals surface area contributed by atoms with E-state index in [0.717, 1.165) is 23.0 Å². The minimum Gasteiger partial charge on any atom is -0.462 e. The van der Waals surface area contributed by atoms with Crippen molar-refractivity contribution in [1.82, 2.24) is 4.57 Å². The average molecular weight is 297 g/mol. The maximum Gasteiger partial charge on any atom is 0.343 e. The van der Waals surface area contributed by atoms with Crippen molar-refractivity contribution in [2.45, 2.75) is 6.92 Å². The minimum absolute atomic E-state index is 0.0348. The van der Waals surface area contributed by atoms with E-state index in [2.05, 4.69) is 0 Å². The number of benzene rings is 1. The molecule has 7 heteroatoms. The summed E-state index contributed by atoms with van der Waals surface area (Å²) in [6, 6.07) is 1.42. The van der Waals surface area contributed by atoms with Crippen LogP contribution in [0, 0.1) is 11.6 Å². The zero-order valence-electron chi connectivity index (χ0n) is 10.9. The predicted molar refractivity (Wildman–Crippen MR) is 70.5 cm³/mol. The lowest BCUT2D eigenvalue weighted by Crippen LogP contribution is -2.20. The molecule has 0 saturated heterocycles. The van der Waals surface area contributed by atoms with Crippen LogP contribution in [0.3, 0.4) is 0 Å². The predicted octanol–water partition coefficient (Wildman–Crippen LogP) is 2.85. The second-order valence-electron chi connectivity index (χ2n) is 4.06. The molecule has 0 N–H and O–H groups in total. The molecule has 1 heterocycles. The smallest absolute Gasteiger partial charge is 0.343 e. The van der Waals surface area contributed by atoms with E-state index in [1.807, 2.05) is 0 Å². The van der Waals surface area contributed by atoms with Crippen molar-refractivity contribution in [3.63, 3.8) is 0 Å². The van der Waals surface area contributed by atoms with E-state index >= 15 is 0 Å². The Morgan fingerprint density at radius 2 is 2.00 bits per heavy atom. The third-order valence-corrected chi connectivity index (χ3v) is 2.79. The minimum atomic E-state index is -1.24. The monoisotopic (exact) mass is 297 g/mol. The molecule has 0 amide bonds. The molecule has 0 fully saturated rings. The molecule has 0 spiro atoms. The Hall–Kier alpha value is -2.57. The van der Waals surface area contributed by atoms with Crippen LogP contribution < -0.4 is 5.43 Å². The summed E-state index contributed by atoms with van der Waals surface area (Å²) in [4.78, 5) is 23.8. The standard InChI is InChI=1S/C14H10F3NO3/c1-2-21-14(20)9-7-18(4-3-15)12-6-11(17)10(16)5-8(12)13(9)19/h3-7H,2H2,1H3. The molecule has 0 aliphatic rings. The first-order chi connectivity index (χ1) is 9.99. The lowest BCUT2D eigenvalue weighted by Gasteiger charge is -2.09. The molecule has 0 aliphatic heterocycles. The quantitative estimate of drug-likeness (QED) is 0.818. The third kappa shape index (κ3) is 2.67. The van der Waals surface area contributed by atoms with Crippen molar-refractivity contribution in [2.24, 2.45) is 0 Å². The summed E-state index contributed by atoms with van der Waals surface area (Å²) in [6.45, 7) is 1.58. The SMILES string of the molecule is CCOC(=O)c1cn(C=CF)c2cc(F)c(F)cc2c1=O. The van der Waals surface area contributed by atoms with Gasteiger partial charge in [-0.05, 0) is 13.0 Å². The number of carbonyl (C=O) groups is 1. The second kappa shape index (κ2) is 5.82. The van der Waals surface area contributed by atoms with E-state index < -0.39 is 28.6 Å². The van der Waals surface area contributed by atoms with E-state index in [4.69, 9.17) is 4.74 Å². The fraction of sp³-hybridized carbons (Fsp3) is 0.143. The molecule has 0 bridgehead atoms. The van der Waals surface area contributed by atoms with Gasteiger partial charge in [-0.2, -0.15) is 0 Å². The highest BCUT2D eigenvalue weighted by atomic mass is 19.2. The van der Waals surface area contributed by atoms with Crippen LogP contribution >= 0.6 is 0 Å². The van der Waals surface area contributed by atoms with Gasteiger partial charge in [0.15, 0.2) is 11.6 Å². The van der Waals surface area contributed by atoms with Gasteiger partial charge < -0.3 is 9.30 Å². The van der Waals surface area contributed by atoms with Crippen molar-refractivity contribution in [3.8, 4) is 0 Å². The first kappa shape index (κ1) is 14.8. The zero-order valence-corrected chi connectivity index (χ0v) is 10.9. The highest BCUT2D eigenvalue weighted by molar-refractivity contribution is 5.94. The van der Waals surface area contributed by atoms with Gasteiger partial charge >= 0.3 is 5.97 Å². The molecule has 0 radical (unpaired) electrons. The van der Waals surface area contributed by atoms with Gasteiger partial charge in [-0.1, -0.05) is 0 Å². The highest BCUT2D eigenvalue weighted by Gasteiger charge is 2.17. The molecular weight excluding hydrogens is 287 g/mol. The van der Waals surface area contributed by atoms with Crippen LogP contribution in [-0.4, -0.2) is 17.1 Å². The largest absolute Gasteiger partial charge is 0.462 e. The molecule has 4 nitrogen and oxygen atoms in total. The van der Waals surface area contributed by atoms with E-state index in [1.54, 1.807) is 6.92 Å². The average Bonchev–Trinajstić information content (AvgIpc) is 2.44. The summed E-state index contributed by atoms with van der Waals surface area (Å²) in [5.74, 6) is -3.35. The van der Waals surface area contributed by atoms with E-state index in [1.165, 1.54) is 0 Å². The molecule has 0 aliphatic carbocycles. The Balaban J connectivity index is 2.85. The third-order valence-electron chi connectivity index (χ3n) is 2.79. The number of nitrogens with zero attached hydrogens (tertiary/aromatic N) is 1. The zero-order chi connectivity index (χ0) is 15.6. The van der Waals surface area contributed by atoms with Gasteiger partial charge in [-0.3, -0.25) is 4.79 Å². The van der Waals surface area contributed by atoms with Crippen LogP contribution in [-0.2, 0) is 4.74 Å². The summed E-state index contributed by atoms with van der Waals surface area (Å²) >= 11 is 0. The number of hydrogen-bond donors (Lipinski definition) is 0. The van der Waals surface area contributed by atoms with Crippen LogP contribution in [0.4, 0.5) is 13.2 Å². The molecule has 1 aromatic heterocycles. The van der Waals surface area contributed by atoms with Crippen LogP contribution in [0.25, 0.3) is 17.1 Å². The van der Waals surface area contributed by atoms with Gasteiger partial charge in [0.05, 0.1) is 17.5 Å². The first-order valence-electron chi connectivity index (χ1n) is 5.97. The van der Waals surface area contributed by atoms with E-state index in [-0.39, 0.29) is 23.8 Å². The first-order valence-corrected chi connectivity index (χ1v) is 5.97. The van der Waals surface area contributed by atoms with Crippen LogP contribution in [0.5, 0.6) is 0 Å². The molecule has 21 heavy (non-hydrogen) atoms. The number of carbonyl (C=O) groups excluding carboxylic acids is 1. The Morgan fingerprint density at radius 1 is 1.33 bits per heavy atom. The summed E-state index contributed by atoms with van der Waals surface area (Å²) in [5, 5.41) is -0.252. The Morgan fingerprint density at radius 3 is 2.62 bits per heavy atom. The van der Waals surface area contributed by atoms with Gasteiger partial charge in [0.2, 0.25) is 5.43 Å². The lowest BCUT2D eigenvalue weighted by molar-refractivity contribution is 0.0524. The maximum absolute atomic E-state index is 13.3. The van der Waals surface area contributed by atoms with Crippen molar-refractivity contribution < 1.29 is 22.7 Å². The normalized spacial score (nSPS) is 11.2.